The maximum absolute atomic E-state index is 12.4. The summed E-state index contributed by atoms with van der Waals surface area (Å²) in [5.41, 5.74) is 0.967. The first-order chi connectivity index (χ1) is 9.49. The fraction of sp³-hybridized carbons (Fsp3) is 0.571. The summed E-state index contributed by atoms with van der Waals surface area (Å²) in [6, 6.07) is 1.54. The highest BCUT2D eigenvalue weighted by molar-refractivity contribution is 5.76. The van der Waals surface area contributed by atoms with Gasteiger partial charge in [-0.2, -0.15) is 0 Å². The number of likely N-dealkylation sites (tertiary alicyclic amines) is 1. The minimum atomic E-state index is -0.858. The lowest BCUT2D eigenvalue weighted by Crippen LogP contribution is -2.44. The van der Waals surface area contributed by atoms with Crippen molar-refractivity contribution < 1.29 is 19.1 Å². The zero-order chi connectivity index (χ0) is 14.7. The summed E-state index contributed by atoms with van der Waals surface area (Å²) in [6.45, 7) is 2.96. The number of aliphatic carboxylic acids is 1. The molecule has 1 saturated heterocycles. The van der Waals surface area contributed by atoms with Crippen molar-refractivity contribution in [2.45, 2.75) is 38.8 Å². The quantitative estimate of drug-likeness (QED) is 0.916. The summed E-state index contributed by atoms with van der Waals surface area (Å²) < 4.78 is 5.22. The van der Waals surface area contributed by atoms with Gasteiger partial charge in [-0.1, -0.05) is 0 Å². The predicted octanol–water partition coefficient (Wildman–Crippen LogP) is 2.08. The lowest BCUT2D eigenvalue weighted by atomic mass is 10.1. The van der Waals surface area contributed by atoms with E-state index in [-0.39, 0.29) is 18.5 Å². The molecule has 110 valence electrons. The van der Waals surface area contributed by atoms with Crippen molar-refractivity contribution in [3.63, 3.8) is 0 Å². The van der Waals surface area contributed by atoms with Crippen LogP contribution in [0.15, 0.2) is 16.7 Å². The number of urea groups is 1. The first kappa shape index (κ1) is 14.4. The molecule has 2 amide bonds. The van der Waals surface area contributed by atoms with Gasteiger partial charge in [0.1, 0.15) is 5.76 Å². The van der Waals surface area contributed by atoms with Gasteiger partial charge >= 0.3 is 12.0 Å². The molecule has 0 saturated carbocycles. The zero-order valence-electron chi connectivity index (χ0n) is 11.8. The van der Waals surface area contributed by atoms with Crippen LogP contribution in [0.5, 0.6) is 0 Å². The van der Waals surface area contributed by atoms with E-state index in [1.165, 1.54) is 0 Å². The van der Waals surface area contributed by atoms with Crippen molar-refractivity contribution in [1.82, 2.24) is 9.80 Å². The normalized spacial score (nSPS) is 18.3. The number of rotatable bonds is 4. The van der Waals surface area contributed by atoms with Gasteiger partial charge in [0.15, 0.2) is 0 Å². The number of carboxylic acids is 1. The van der Waals surface area contributed by atoms with Crippen LogP contribution in [0.4, 0.5) is 4.79 Å². The Kier molecular flexibility index (Phi) is 4.32. The van der Waals surface area contributed by atoms with Crippen molar-refractivity contribution in [1.29, 1.82) is 0 Å². The van der Waals surface area contributed by atoms with Crippen LogP contribution in [0.2, 0.25) is 0 Å². The molecule has 1 N–H and O–H groups in total. The molecule has 20 heavy (non-hydrogen) atoms. The number of aryl methyl sites for hydroxylation is 1. The van der Waals surface area contributed by atoms with E-state index in [9.17, 15) is 9.59 Å². The number of amides is 2. The summed E-state index contributed by atoms with van der Waals surface area (Å²) in [6.07, 6.45) is 3.25. The van der Waals surface area contributed by atoms with Crippen LogP contribution in [0, 0.1) is 6.92 Å². The number of carboxylic acid groups (broad SMARTS) is 1. The van der Waals surface area contributed by atoms with Crippen LogP contribution in [-0.2, 0) is 11.3 Å². The lowest BCUT2D eigenvalue weighted by molar-refractivity contribution is -0.138. The molecule has 0 bridgehead atoms. The Bertz CT molecular complexity index is 497. The van der Waals surface area contributed by atoms with Crippen molar-refractivity contribution in [2.24, 2.45) is 0 Å². The third kappa shape index (κ3) is 3.12. The molecular formula is C14H20N2O4. The van der Waals surface area contributed by atoms with E-state index < -0.39 is 5.97 Å². The van der Waals surface area contributed by atoms with E-state index >= 15 is 0 Å². The van der Waals surface area contributed by atoms with Crippen molar-refractivity contribution >= 4 is 12.0 Å². The molecule has 2 rings (SSSR count). The van der Waals surface area contributed by atoms with Gasteiger partial charge in [0.25, 0.3) is 0 Å². The molecule has 2 heterocycles. The molecular weight excluding hydrogens is 260 g/mol. The Balaban J connectivity index is 1.99. The van der Waals surface area contributed by atoms with E-state index in [2.05, 4.69) is 0 Å². The largest absolute Gasteiger partial charge is 0.481 e. The van der Waals surface area contributed by atoms with Gasteiger partial charge in [0, 0.05) is 25.2 Å². The summed E-state index contributed by atoms with van der Waals surface area (Å²) in [7, 11) is 1.73. The van der Waals surface area contributed by atoms with Crippen LogP contribution < -0.4 is 0 Å². The monoisotopic (exact) mass is 280 g/mol. The van der Waals surface area contributed by atoms with E-state index in [0.717, 1.165) is 24.2 Å². The Morgan fingerprint density at radius 1 is 1.55 bits per heavy atom. The van der Waals surface area contributed by atoms with Crippen LogP contribution >= 0.6 is 0 Å². The van der Waals surface area contributed by atoms with Gasteiger partial charge in [0.2, 0.25) is 0 Å². The van der Waals surface area contributed by atoms with Crippen LogP contribution in [-0.4, -0.2) is 46.5 Å². The van der Waals surface area contributed by atoms with Crippen molar-refractivity contribution in [3.05, 3.63) is 23.7 Å². The van der Waals surface area contributed by atoms with E-state index in [1.807, 2.05) is 13.0 Å². The molecule has 6 nitrogen and oxygen atoms in total. The molecule has 0 spiro atoms. The lowest BCUT2D eigenvalue weighted by Gasteiger charge is -2.28. The van der Waals surface area contributed by atoms with E-state index in [4.69, 9.17) is 9.52 Å². The molecule has 1 aliphatic rings. The van der Waals surface area contributed by atoms with E-state index in [0.29, 0.717) is 13.1 Å². The molecule has 1 fully saturated rings. The Morgan fingerprint density at radius 2 is 2.30 bits per heavy atom. The zero-order valence-corrected chi connectivity index (χ0v) is 11.8. The molecule has 6 heteroatoms. The highest BCUT2D eigenvalue weighted by atomic mass is 16.4. The topological polar surface area (TPSA) is 74.0 Å². The molecule has 1 unspecified atom stereocenters. The molecule has 0 radical (unpaired) electrons. The molecule has 0 aliphatic carbocycles. The summed E-state index contributed by atoms with van der Waals surface area (Å²) >= 11 is 0. The minimum Gasteiger partial charge on any atom is -0.481 e. The average Bonchev–Trinajstić information content (AvgIpc) is 2.98. The van der Waals surface area contributed by atoms with Gasteiger partial charge in [0.05, 0.1) is 19.2 Å². The van der Waals surface area contributed by atoms with Gasteiger partial charge in [-0.05, 0) is 25.8 Å². The minimum absolute atomic E-state index is 0.0182. The fourth-order valence-corrected chi connectivity index (χ4v) is 2.62. The van der Waals surface area contributed by atoms with Gasteiger partial charge < -0.3 is 19.3 Å². The first-order valence-corrected chi connectivity index (χ1v) is 6.75. The number of hydrogen-bond donors (Lipinski definition) is 1. The number of nitrogens with zero attached hydrogens (tertiary/aromatic N) is 2. The second-order valence-corrected chi connectivity index (χ2v) is 5.23. The average molecular weight is 280 g/mol. The Hall–Kier alpha value is -1.98. The molecule has 1 aromatic rings. The predicted molar refractivity (Wildman–Crippen MR) is 72.3 cm³/mol. The van der Waals surface area contributed by atoms with Crippen molar-refractivity contribution in [3.8, 4) is 0 Å². The second-order valence-electron chi connectivity index (χ2n) is 5.23. The highest BCUT2D eigenvalue weighted by Crippen LogP contribution is 2.22. The smallest absolute Gasteiger partial charge is 0.320 e. The van der Waals surface area contributed by atoms with Gasteiger partial charge in [-0.15, -0.1) is 0 Å². The van der Waals surface area contributed by atoms with Crippen LogP contribution in [0.25, 0.3) is 0 Å². The molecule has 0 aromatic carbocycles. The SMILES string of the molecule is Cc1occc1CN(C)C(=O)N1CCCC1CC(=O)O. The maximum atomic E-state index is 12.4. The number of carbonyl (C=O) groups is 2. The van der Waals surface area contributed by atoms with Crippen LogP contribution in [0.3, 0.4) is 0 Å². The highest BCUT2D eigenvalue weighted by Gasteiger charge is 2.32. The second kappa shape index (κ2) is 5.98. The molecule has 1 aromatic heterocycles. The summed E-state index contributed by atoms with van der Waals surface area (Å²) in [5.74, 6) is -0.0591. The fourth-order valence-electron chi connectivity index (χ4n) is 2.62. The van der Waals surface area contributed by atoms with E-state index in [1.54, 1.807) is 23.1 Å². The third-order valence-electron chi connectivity index (χ3n) is 3.73. The Morgan fingerprint density at radius 3 is 2.90 bits per heavy atom. The van der Waals surface area contributed by atoms with Gasteiger partial charge in [-0.3, -0.25) is 4.79 Å². The summed E-state index contributed by atoms with van der Waals surface area (Å²) in [5, 5.41) is 8.89. The van der Waals surface area contributed by atoms with Crippen LogP contribution in [0.1, 0.15) is 30.6 Å². The summed E-state index contributed by atoms with van der Waals surface area (Å²) in [4.78, 5) is 26.5. The third-order valence-corrected chi connectivity index (χ3v) is 3.73. The Labute approximate surface area is 118 Å². The number of carbonyl (C=O) groups excluding carboxylic acids is 1. The first-order valence-electron chi connectivity index (χ1n) is 6.75. The maximum Gasteiger partial charge on any atom is 0.320 e. The number of hydrogen-bond acceptors (Lipinski definition) is 3. The standard InChI is InChI=1S/C14H20N2O4/c1-10-11(5-7-20-10)9-15(2)14(19)16-6-3-4-12(16)8-13(17)18/h5,7,12H,3-4,6,8-9H2,1-2H3,(H,17,18). The van der Waals surface area contributed by atoms with Crippen molar-refractivity contribution in [2.75, 3.05) is 13.6 Å². The molecule has 1 aliphatic heterocycles. The number of furan rings is 1. The molecule has 1 atom stereocenters. The van der Waals surface area contributed by atoms with Gasteiger partial charge in [-0.25, -0.2) is 4.79 Å².